The largest absolute Gasteiger partial charge is 0.454 e. The Bertz CT molecular complexity index is 782. The fourth-order valence-electron chi connectivity index (χ4n) is 2.92. The van der Waals surface area contributed by atoms with Gasteiger partial charge in [-0.3, -0.25) is 0 Å². The molecule has 0 saturated heterocycles. The van der Waals surface area contributed by atoms with E-state index in [1.165, 1.54) is 0 Å². The van der Waals surface area contributed by atoms with Gasteiger partial charge in [-0.15, -0.1) is 0 Å². The number of halogens is 3. The molecule has 2 aromatic rings. The number of unbranched alkanes of at least 4 members (excludes halogenated alkanes) is 2. The highest BCUT2D eigenvalue weighted by Crippen LogP contribution is 2.44. The molecular formula is C23H32F3N3O. The van der Waals surface area contributed by atoms with Crippen LogP contribution in [0, 0.1) is 13.8 Å². The Balaban J connectivity index is 2.51. The zero-order chi connectivity index (χ0) is 22.1. The van der Waals surface area contributed by atoms with Crippen molar-refractivity contribution >= 4 is 5.69 Å². The summed E-state index contributed by atoms with van der Waals surface area (Å²) >= 11 is 0. The maximum atomic E-state index is 13.9. The van der Waals surface area contributed by atoms with Gasteiger partial charge < -0.3 is 4.74 Å². The lowest BCUT2D eigenvalue weighted by Gasteiger charge is -2.29. The highest BCUT2D eigenvalue weighted by Gasteiger charge is 2.37. The van der Waals surface area contributed by atoms with E-state index in [-0.39, 0.29) is 5.75 Å². The summed E-state index contributed by atoms with van der Waals surface area (Å²) in [7, 11) is 0. The number of nitrogens with zero attached hydrogens (tertiary/aromatic N) is 1. The second kappa shape index (κ2) is 11.2. The molecule has 0 fully saturated rings. The van der Waals surface area contributed by atoms with Gasteiger partial charge >= 0.3 is 6.18 Å². The molecule has 0 bridgehead atoms. The first kappa shape index (κ1) is 24.0. The summed E-state index contributed by atoms with van der Waals surface area (Å²) in [4.78, 5) is 0. The Morgan fingerprint density at radius 3 is 1.93 bits per heavy atom. The van der Waals surface area contributed by atoms with E-state index in [0.29, 0.717) is 30.1 Å². The molecule has 4 nitrogen and oxygen atoms in total. The van der Waals surface area contributed by atoms with Gasteiger partial charge in [0.25, 0.3) is 0 Å². The molecule has 0 atom stereocenters. The van der Waals surface area contributed by atoms with Crippen LogP contribution in [0.4, 0.5) is 18.9 Å². The Hall–Kier alpha value is -2.25. The molecular weight excluding hydrogens is 391 g/mol. The van der Waals surface area contributed by atoms with Crippen LogP contribution in [0.2, 0.25) is 0 Å². The van der Waals surface area contributed by atoms with Gasteiger partial charge in [0.05, 0.1) is 0 Å². The number of aryl methyl sites for hydroxylation is 2. The molecule has 0 spiro atoms. The highest BCUT2D eigenvalue weighted by molar-refractivity contribution is 5.64. The number of hydrogen-bond donors (Lipinski definition) is 2. The van der Waals surface area contributed by atoms with Gasteiger partial charge in [0.2, 0.25) is 0 Å². The normalized spacial score (nSPS) is 11.6. The Morgan fingerprint density at radius 2 is 1.43 bits per heavy atom. The van der Waals surface area contributed by atoms with Gasteiger partial charge in [-0.25, -0.2) is 16.0 Å². The second-order valence-electron chi connectivity index (χ2n) is 7.43. The monoisotopic (exact) mass is 423 g/mol. The molecule has 0 unspecified atom stereocenters. The molecule has 0 aliphatic heterocycles. The highest BCUT2D eigenvalue weighted by atomic mass is 19.4. The van der Waals surface area contributed by atoms with E-state index in [0.717, 1.165) is 37.3 Å². The van der Waals surface area contributed by atoms with Crippen LogP contribution < -0.4 is 20.7 Å². The van der Waals surface area contributed by atoms with Gasteiger partial charge in [-0.05, 0) is 56.5 Å². The summed E-state index contributed by atoms with van der Waals surface area (Å²) in [6.45, 7) is 8.97. The Morgan fingerprint density at radius 1 is 0.867 bits per heavy atom. The average molecular weight is 424 g/mol. The summed E-state index contributed by atoms with van der Waals surface area (Å²) in [5.74, 6) is 0.142. The first-order chi connectivity index (χ1) is 14.3. The molecule has 0 heterocycles. The average Bonchev–Trinajstić information content (AvgIpc) is 2.69. The number of hydrogen-bond acceptors (Lipinski definition) is 4. The fourth-order valence-corrected chi connectivity index (χ4v) is 2.92. The number of anilines is 1. The van der Waals surface area contributed by atoms with Crippen LogP contribution in [0.15, 0.2) is 36.4 Å². The number of rotatable bonds is 11. The van der Waals surface area contributed by atoms with Crippen molar-refractivity contribution < 1.29 is 17.9 Å². The molecule has 2 rings (SSSR count). The van der Waals surface area contributed by atoms with E-state index >= 15 is 0 Å². The van der Waals surface area contributed by atoms with Crippen molar-refractivity contribution in [1.29, 1.82) is 0 Å². The predicted molar refractivity (Wildman–Crippen MR) is 116 cm³/mol. The molecule has 2 N–H and O–H groups in total. The molecule has 0 radical (unpaired) electrons. The number of benzene rings is 2. The van der Waals surface area contributed by atoms with E-state index in [1.54, 1.807) is 30.2 Å². The summed E-state index contributed by atoms with van der Waals surface area (Å²) < 4.78 is 47.6. The Kier molecular flexibility index (Phi) is 8.99. The molecule has 0 saturated carbocycles. The van der Waals surface area contributed by atoms with Crippen molar-refractivity contribution in [2.45, 2.75) is 59.6 Å². The van der Waals surface area contributed by atoms with Gasteiger partial charge in [-0.1, -0.05) is 44.4 Å². The molecule has 166 valence electrons. The SMILES string of the molecule is CCCCNN(NCCCC)c1cc(C)cc(C(F)(F)F)c1Oc1ccc(C)cc1. The van der Waals surface area contributed by atoms with Crippen molar-refractivity contribution in [1.82, 2.24) is 10.9 Å². The van der Waals surface area contributed by atoms with E-state index in [9.17, 15) is 13.2 Å². The third-order valence-corrected chi connectivity index (χ3v) is 4.60. The number of hydrazine groups is 2. The summed E-state index contributed by atoms with van der Waals surface area (Å²) in [6, 6.07) is 9.82. The summed E-state index contributed by atoms with van der Waals surface area (Å²) in [6.07, 6.45) is -0.788. The predicted octanol–water partition coefficient (Wildman–Crippen LogP) is 6.53. The molecule has 2 aromatic carbocycles. The van der Waals surface area contributed by atoms with E-state index in [1.807, 2.05) is 19.1 Å². The smallest absolute Gasteiger partial charge is 0.420 e. The second-order valence-corrected chi connectivity index (χ2v) is 7.43. The minimum absolute atomic E-state index is 0.218. The van der Waals surface area contributed by atoms with Crippen LogP contribution in [-0.4, -0.2) is 13.1 Å². The molecule has 0 amide bonds. The van der Waals surface area contributed by atoms with Crippen molar-refractivity contribution in [3.05, 3.63) is 53.1 Å². The zero-order valence-corrected chi connectivity index (χ0v) is 18.2. The summed E-state index contributed by atoms with van der Waals surface area (Å²) in [5, 5.41) is 1.58. The topological polar surface area (TPSA) is 36.5 Å². The lowest BCUT2D eigenvalue weighted by Crippen LogP contribution is -2.49. The zero-order valence-electron chi connectivity index (χ0n) is 18.2. The number of nitrogens with one attached hydrogen (secondary N) is 2. The van der Waals surface area contributed by atoms with Crippen molar-refractivity contribution in [2.75, 3.05) is 18.2 Å². The first-order valence-corrected chi connectivity index (χ1v) is 10.5. The maximum absolute atomic E-state index is 13.9. The van der Waals surface area contributed by atoms with Crippen LogP contribution >= 0.6 is 0 Å². The van der Waals surface area contributed by atoms with Gasteiger partial charge in [-0.2, -0.15) is 13.2 Å². The van der Waals surface area contributed by atoms with Crippen molar-refractivity contribution in [2.24, 2.45) is 0 Å². The minimum atomic E-state index is -4.54. The van der Waals surface area contributed by atoms with Gasteiger partial charge in [0, 0.05) is 13.1 Å². The number of alkyl halides is 3. The maximum Gasteiger partial charge on any atom is 0.420 e. The van der Waals surface area contributed by atoms with Gasteiger partial charge in [0.15, 0.2) is 5.75 Å². The van der Waals surface area contributed by atoms with E-state index in [2.05, 4.69) is 24.7 Å². The molecule has 0 aliphatic rings. The van der Waals surface area contributed by atoms with Crippen LogP contribution in [0.5, 0.6) is 11.5 Å². The van der Waals surface area contributed by atoms with Crippen LogP contribution in [0.25, 0.3) is 0 Å². The van der Waals surface area contributed by atoms with Gasteiger partial charge in [0.1, 0.15) is 17.0 Å². The first-order valence-electron chi connectivity index (χ1n) is 10.5. The van der Waals surface area contributed by atoms with E-state index < -0.39 is 11.7 Å². The molecule has 0 aliphatic carbocycles. The van der Waals surface area contributed by atoms with Crippen molar-refractivity contribution in [3.63, 3.8) is 0 Å². The minimum Gasteiger partial charge on any atom is -0.454 e. The molecule has 0 aromatic heterocycles. The quantitative estimate of drug-likeness (QED) is 0.318. The fraction of sp³-hybridized carbons (Fsp3) is 0.478. The van der Waals surface area contributed by atoms with Crippen LogP contribution in [-0.2, 0) is 6.18 Å². The third kappa shape index (κ3) is 6.92. The number of ether oxygens (including phenoxy) is 1. The lowest BCUT2D eigenvalue weighted by atomic mass is 10.1. The standard InChI is InChI=1S/C23H32F3N3O/c1-5-7-13-27-29(28-14-8-6-2)21-16-18(4)15-20(23(24,25)26)22(21)30-19-11-9-17(3)10-12-19/h9-12,15-16,27-28H,5-8,13-14H2,1-4H3. The van der Waals surface area contributed by atoms with Crippen molar-refractivity contribution in [3.8, 4) is 11.5 Å². The van der Waals surface area contributed by atoms with Crippen LogP contribution in [0.1, 0.15) is 56.2 Å². The summed E-state index contributed by atoms with van der Waals surface area (Å²) in [5.41, 5.74) is 7.46. The molecule has 30 heavy (non-hydrogen) atoms. The van der Waals surface area contributed by atoms with Crippen LogP contribution in [0.3, 0.4) is 0 Å². The third-order valence-electron chi connectivity index (χ3n) is 4.60. The van der Waals surface area contributed by atoms with E-state index in [4.69, 9.17) is 4.74 Å². The molecule has 7 heteroatoms. The lowest BCUT2D eigenvalue weighted by molar-refractivity contribution is -0.138. The Labute approximate surface area is 177 Å².